The van der Waals surface area contributed by atoms with Crippen LogP contribution in [0.5, 0.6) is 0 Å². The molecule has 6 aromatic rings. The van der Waals surface area contributed by atoms with E-state index in [1.165, 1.54) is 33.4 Å². The van der Waals surface area contributed by atoms with Crippen LogP contribution < -0.4 is 0 Å². The zero-order valence-corrected chi connectivity index (χ0v) is 25.3. The van der Waals surface area contributed by atoms with Crippen LogP contribution in [-0.2, 0) is 5.41 Å². The second kappa shape index (κ2) is 10.5. The van der Waals surface area contributed by atoms with Crippen molar-refractivity contribution in [3.8, 4) is 45.4 Å². The van der Waals surface area contributed by atoms with Gasteiger partial charge < -0.3 is 0 Å². The molecule has 0 radical (unpaired) electrons. The molecule has 0 N–H and O–H groups in total. The topological polar surface area (TPSA) is 41.6 Å². The van der Waals surface area contributed by atoms with Gasteiger partial charge in [-0.25, -0.2) is 4.98 Å². The van der Waals surface area contributed by atoms with Crippen molar-refractivity contribution in [2.75, 3.05) is 0 Å². The number of benzene rings is 5. The Bertz CT molecular complexity index is 2160. The van der Waals surface area contributed by atoms with Crippen molar-refractivity contribution in [1.29, 1.82) is 5.26 Å². The van der Waals surface area contributed by atoms with Crippen molar-refractivity contribution >= 4 is 5.57 Å². The zero-order chi connectivity index (χ0) is 30.5. The minimum atomic E-state index is -0.402. The Hall–Kier alpha value is -5.72. The molecule has 0 fully saturated rings. The van der Waals surface area contributed by atoms with Crippen LogP contribution in [0.2, 0.25) is 0 Å². The number of imidazole rings is 1. The summed E-state index contributed by atoms with van der Waals surface area (Å²) < 4.78 is 2.38. The lowest BCUT2D eigenvalue weighted by Crippen LogP contribution is -2.37. The van der Waals surface area contributed by atoms with Crippen molar-refractivity contribution in [1.82, 2.24) is 9.55 Å². The molecule has 5 aromatic carbocycles. The van der Waals surface area contributed by atoms with E-state index in [4.69, 9.17) is 4.98 Å². The van der Waals surface area contributed by atoms with Crippen LogP contribution in [0.3, 0.4) is 0 Å². The van der Waals surface area contributed by atoms with Crippen molar-refractivity contribution in [2.45, 2.75) is 25.2 Å². The Morgan fingerprint density at radius 3 is 2.04 bits per heavy atom. The number of rotatable bonds is 4. The first-order valence-corrected chi connectivity index (χ1v) is 15.4. The van der Waals surface area contributed by atoms with Crippen LogP contribution in [0.15, 0.2) is 146 Å². The molecule has 2 heterocycles. The molecule has 2 aliphatic rings. The highest BCUT2D eigenvalue weighted by atomic mass is 15.1. The van der Waals surface area contributed by atoms with E-state index in [9.17, 15) is 5.26 Å². The highest BCUT2D eigenvalue weighted by molar-refractivity contribution is 5.84. The monoisotopic (exact) mass is 577 g/mol. The second-order valence-corrected chi connectivity index (χ2v) is 12.2. The molecule has 8 rings (SSSR count). The number of fused-ring (bicyclic) bond motifs is 6. The van der Waals surface area contributed by atoms with E-state index in [0.29, 0.717) is 5.56 Å². The maximum Gasteiger partial charge on any atom is 0.125 e. The lowest BCUT2D eigenvalue weighted by atomic mass is 9.66. The van der Waals surface area contributed by atoms with E-state index in [1.54, 1.807) is 0 Å². The first-order valence-electron chi connectivity index (χ1n) is 15.4. The second-order valence-electron chi connectivity index (χ2n) is 12.2. The minimum Gasteiger partial charge on any atom is -0.295 e. The van der Waals surface area contributed by atoms with Crippen LogP contribution in [0.25, 0.3) is 44.9 Å². The molecule has 3 nitrogen and oxygen atoms in total. The predicted octanol–water partition coefficient (Wildman–Crippen LogP) is 10.1. The Labute approximate surface area is 264 Å². The van der Waals surface area contributed by atoms with Gasteiger partial charge in [0.25, 0.3) is 0 Å². The molecule has 0 amide bonds. The Kier molecular flexibility index (Phi) is 6.25. The normalized spacial score (nSPS) is 17.9. The molecule has 0 bridgehead atoms. The third kappa shape index (κ3) is 4.38. The third-order valence-electron chi connectivity index (χ3n) is 9.38. The van der Waals surface area contributed by atoms with Gasteiger partial charge in [-0.15, -0.1) is 0 Å². The summed E-state index contributed by atoms with van der Waals surface area (Å²) in [7, 11) is 0. The quantitative estimate of drug-likeness (QED) is 0.209. The van der Waals surface area contributed by atoms with E-state index in [2.05, 4.69) is 146 Å². The first kappa shape index (κ1) is 26.9. The summed E-state index contributed by atoms with van der Waals surface area (Å²) in [5, 5.41) is 9.47. The lowest BCUT2D eigenvalue weighted by Gasteiger charge is -2.42. The summed E-state index contributed by atoms with van der Waals surface area (Å²) in [5.41, 5.74) is 12.8. The van der Waals surface area contributed by atoms with Gasteiger partial charge in [-0.1, -0.05) is 133 Å². The fourth-order valence-corrected chi connectivity index (χ4v) is 7.01. The minimum absolute atomic E-state index is 0.135. The smallest absolute Gasteiger partial charge is 0.125 e. The fraction of sp³-hybridized carbons (Fsp3) is 0.0952. The molecule has 1 aromatic heterocycles. The van der Waals surface area contributed by atoms with Gasteiger partial charge >= 0.3 is 0 Å². The van der Waals surface area contributed by atoms with E-state index < -0.39 is 5.41 Å². The van der Waals surface area contributed by atoms with Crippen LogP contribution >= 0.6 is 0 Å². The molecular formula is C42H31N3. The van der Waals surface area contributed by atoms with Gasteiger partial charge in [-0.3, -0.25) is 4.57 Å². The summed E-state index contributed by atoms with van der Waals surface area (Å²) >= 11 is 0. The molecular weight excluding hydrogens is 546 g/mol. The SMILES string of the molecule is Cc1ccc(-c2c(-c3ccc(C#N)cc3)nc3n2-c2ccccc2C2C=CC(c4ccc(-c5ccccc5)cc4)=CC32C)cc1. The summed E-state index contributed by atoms with van der Waals surface area (Å²) in [6, 6.07) is 46.9. The fourth-order valence-electron chi connectivity index (χ4n) is 7.01. The van der Waals surface area contributed by atoms with Crippen molar-refractivity contribution in [3.63, 3.8) is 0 Å². The van der Waals surface area contributed by atoms with E-state index in [-0.39, 0.29) is 5.92 Å². The number of aromatic nitrogens is 2. The van der Waals surface area contributed by atoms with Crippen LogP contribution in [0, 0.1) is 18.3 Å². The third-order valence-corrected chi connectivity index (χ3v) is 9.38. The first-order chi connectivity index (χ1) is 22.0. The lowest BCUT2D eigenvalue weighted by molar-refractivity contribution is 0.468. The van der Waals surface area contributed by atoms with Crippen LogP contribution in [0.4, 0.5) is 0 Å². The highest BCUT2D eigenvalue weighted by Gasteiger charge is 2.46. The Morgan fingerprint density at radius 1 is 0.689 bits per heavy atom. The van der Waals surface area contributed by atoms with Gasteiger partial charge in [0, 0.05) is 17.0 Å². The van der Waals surface area contributed by atoms with Gasteiger partial charge in [0.05, 0.1) is 34.1 Å². The van der Waals surface area contributed by atoms with Gasteiger partial charge in [-0.2, -0.15) is 5.26 Å². The number of aryl methyl sites for hydroxylation is 1. The maximum absolute atomic E-state index is 9.47. The molecule has 214 valence electrons. The van der Waals surface area contributed by atoms with Gasteiger partial charge in [0.2, 0.25) is 0 Å². The van der Waals surface area contributed by atoms with Gasteiger partial charge in [0.15, 0.2) is 0 Å². The molecule has 2 unspecified atom stereocenters. The van der Waals surface area contributed by atoms with E-state index >= 15 is 0 Å². The average molecular weight is 578 g/mol. The molecule has 1 aliphatic carbocycles. The number of hydrogen-bond acceptors (Lipinski definition) is 2. The Balaban J connectivity index is 1.34. The van der Waals surface area contributed by atoms with E-state index in [0.717, 1.165) is 34.0 Å². The summed E-state index contributed by atoms with van der Waals surface area (Å²) in [5.74, 6) is 1.15. The number of nitrogens with zero attached hydrogens (tertiary/aromatic N) is 3. The van der Waals surface area contributed by atoms with Crippen molar-refractivity contribution < 1.29 is 0 Å². The maximum atomic E-state index is 9.47. The van der Waals surface area contributed by atoms with Crippen LogP contribution in [-0.4, -0.2) is 9.55 Å². The molecule has 2 atom stereocenters. The molecule has 0 saturated heterocycles. The largest absolute Gasteiger partial charge is 0.295 e. The van der Waals surface area contributed by atoms with E-state index in [1.807, 2.05) is 24.3 Å². The molecule has 3 heteroatoms. The number of allylic oxidation sites excluding steroid dienone is 4. The Morgan fingerprint density at radius 2 is 1.31 bits per heavy atom. The van der Waals surface area contributed by atoms with Gasteiger partial charge in [-0.05, 0) is 59.9 Å². The molecule has 0 saturated carbocycles. The van der Waals surface area contributed by atoms with Crippen molar-refractivity contribution in [3.05, 3.63) is 174 Å². The summed E-state index contributed by atoms with van der Waals surface area (Å²) in [6.07, 6.45) is 7.07. The predicted molar refractivity (Wildman–Crippen MR) is 183 cm³/mol. The molecule has 0 spiro atoms. The van der Waals surface area contributed by atoms with Gasteiger partial charge in [0.1, 0.15) is 5.82 Å². The standard InChI is InChI=1S/C42H31N3/c1-28-12-16-34(17-13-28)40-39(33-18-14-29(27-43)15-19-33)44-41-42(2)26-35(24-25-37(42)36-10-6-7-11-38(36)45(40)41)32-22-20-31(21-23-32)30-8-4-3-5-9-30/h3-26,37H,1-2H3. The highest BCUT2D eigenvalue weighted by Crippen LogP contribution is 2.53. The summed E-state index contributed by atoms with van der Waals surface area (Å²) in [6.45, 7) is 4.45. The average Bonchev–Trinajstić information content (AvgIpc) is 3.51. The molecule has 1 aliphatic heterocycles. The summed E-state index contributed by atoms with van der Waals surface area (Å²) in [4.78, 5) is 5.51. The van der Waals surface area contributed by atoms with Crippen LogP contribution in [0.1, 0.15) is 40.9 Å². The zero-order valence-electron chi connectivity index (χ0n) is 25.3. The molecule has 45 heavy (non-hydrogen) atoms. The van der Waals surface area contributed by atoms with Crippen molar-refractivity contribution in [2.24, 2.45) is 0 Å². The number of hydrogen-bond donors (Lipinski definition) is 0. The number of nitriles is 1. The number of para-hydroxylation sites is 1.